The van der Waals surface area contributed by atoms with Crippen molar-refractivity contribution in [2.45, 2.75) is 25.9 Å². The fourth-order valence-electron chi connectivity index (χ4n) is 1.47. The number of esters is 1. The van der Waals surface area contributed by atoms with Crippen molar-refractivity contribution >= 4 is 11.7 Å². The van der Waals surface area contributed by atoms with Gasteiger partial charge in [0, 0.05) is 13.5 Å². The summed E-state index contributed by atoms with van der Waals surface area (Å²) in [6.45, 7) is 4.14. The predicted octanol–water partition coefficient (Wildman–Crippen LogP) is 2.25. The summed E-state index contributed by atoms with van der Waals surface area (Å²) in [4.78, 5) is 11.9. The monoisotopic (exact) mass is 267 g/mol. The first kappa shape index (κ1) is 15.3. The lowest BCUT2D eigenvalue weighted by Gasteiger charge is -2.22. The van der Waals surface area contributed by atoms with Crippen LogP contribution in [0.1, 0.15) is 30.6 Å². The van der Waals surface area contributed by atoms with E-state index >= 15 is 0 Å². The number of rotatable bonds is 6. The maximum atomic E-state index is 11.9. The van der Waals surface area contributed by atoms with Crippen molar-refractivity contribution in [3.63, 3.8) is 0 Å². The van der Waals surface area contributed by atoms with E-state index < -0.39 is 5.97 Å². The van der Waals surface area contributed by atoms with E-state index in [2.05, 4.69) is 0 Å². The van der Waals surface area contributed by atoms with Gasteiger partial charge in [-0.25, -0.2) is 4.79 Å². The zero-order chi connectivity index (χ0) is 14.5. The molecule has 0 aromatic heterocycles. The number of para-hydroxylation sites is 1. The van der Waals surface area contributed by atoms with E-state index in [1.54, 1.807) is 25.3 Å². The average molecular weight is 267 g/mol. The van der Waals surface area contributed by atoms with Crippen LogP contribution in [0.4, 0.5) is 5.69 Å². The SMILES string of the molecule is COc1cccc(C(=O)OCCC(C)(C)OC)c1N. The molecule has 0 saturated carbocycles. The topological polar surface area (TPSA) is 70.8 Å². The van der Waals surface area contributed by atoms with E-state index in [1.807, 2.05) is 13.8 Å². The average Bonchev–Trinajstić information content (AvgIpc) is 2.38. The summed E-state index contributed by atoms with van der Waals surface area (Å²) < 4.78 is 15.5. The Hall–Kier alpha value is -1.75. The summed E-state index contributed by atoms with van der Waals surface area (Å²) in [5, 5.41) is 0. The van der Waals surface area contributed by atoms with Gasteiger partial charge in [0.1, 0.15) is 5.75 Å². The van der Waals surface area contributed by atoms with E-state index in [0.29, 0.717) is 23.4 Å². The molecule has 0 radical (unpaired) electrons. The molecule has 0 bridgehead atoms. The fourth-order valence-corrected chi connectivity index (χ4v) is 1.47. The highest BCUT2D eigenvalue weighted by atomic mass is 16.5. The minimum atomic E-state index is -0.455. The maximum absolute atomic E-state index is 11.9. The number of hydrogen-bond donors (Lipinski definition) is 1. The van der Waals surface area contributed by atoms with E-state index in [9.17, 15) is 4.79 Å². The van der Waals surface area contributed by atoms with Crippen LogP contribution in [0.15, 0.2) is 18.2 Å². The Labute approximate surface area is 113 Å². The van der Waals surface area contributed by atoms with Crippen molar-refractivity contribution in [2.75, 3.05) is 26.6 Å². The maximum Gasteiger partial charge on any atom is 0.340 e. The highest BCUT2D eigenvalue weighted by Gasteiger charge is 2.19. The molecule has 0 fully saturated rings. The fraction of sp³-hybridized carbons (Fsp3) is 0.500. The molecule has 2 N–H and O–H groups in total. The van der Waals surface area contributed by atoms with Gasteiger partial charge in [-0.05, 0) is 26.0 Å². The van der Waals surface area contributed by atoms with Gasteiger partial charge in [0.15, 0.2) is 0 Å². The third-order valence-electron chi connectivity index (χ3n) is 3.00. The Bertz CT molecular complexity index is 443. The molecule has 0 spiro atoms. The molecule has 5 heteroatoms. The van der Waals surface area contributed by atoms with Crippen LogP contribution < -0.4 is 10.5 Å². The molecule has 1 aromatic carbocycles. The molecule has 19 heavy (non-hydrogen) atoms. The van der Waals surface area contributed by atoms with Crippen LogP contribution in [0.2, 0.25) is 0 Å². The molecule has 0 aliphatic carbocycles. The van der Waals surface area contributed by atoms with Gasteiger partial charge in [-0.15, -0.1) is 0 Å². The van der Waals surface area contributed by atoms with Crippen LogP contribution in [-0.2, 0) is 9.47 Å². The second-order valence-corrected chi connectivity index (χ2v) is 4.77. The molecule has 1 aromatic rings. The number of nitrogen functional groups attached to an aromatic ring is 1. The second kappa shape index (κ2) is 6.43. The summed E-state index contributed by atoms with van der Waals surface area (Å²) in [5.74, 6) is 0.00924. The second-order valence-electron chi connectivity index (χ2n) is 4.77. The number of methoxy groups -OCH3 is 2. The molecule has 0 aliphatic rings. The summed E-state index contributed by atoms with van der Waals surface area (Å²) in [7, 11) is 3.13. The van der Waals surface area contributed by atoms with Gasteiger partial charge in [-0.3, -0.25) is 0 Å². The van der Waals surface area contributed by atoms with Gasteiger partial charge in [-0.2, -0.15) is 0 Å². The Kier molecular flexibility index (Phi) is 5.18. The van der Waals surface area contributed by atoms with Crippen LogP contribution in [-0.4, -0.2) is 32.4 Å². The molecule has 0 atom stereocenters. The third kappa shape index (κ3) is 4.13. The molecule has 0 heterocycles. The molecule has 0 unspecified atom stereocenters. The lowest BCUT2D eigenvalue weighted by atomic mass is 10.1. The highest BCUT2D eigenvalue weighted by molar-refractivity contribution is 5.96. The van der Waals surface area contributed by atoms with Gasteiger partial charge in [-0.1, -0.05) is 6.07 Å². The van der Waals surface area contributed by atoms with Crippen molar-refractivity contribution in [3.8, 4) is 5.75 Å². The third-order valence-corrected chi connectivity index (χ3v) is 3.00. The standard InChI is InChI=1S/C14H21NO4/c1-14(2,18-4)8-9-19-13(16)10-6-5-7-11(17-3)12(10)15/h5-7H,8-9,15H2,1-4H3. The van der Waals surface area contributed by atoms with Gasteiger partial charge in [0.25, 0.3) is 0 Å². The number of ether oxygens (including phenoxy) is 3. The largest absolute Gasteiger partial charge is 0.495 e. The molecular weight excluding hydrogens is 246 g/mol. The predicted molar refractivity (Wildman–Crippen MR) is 73.4 cm³/mol. The van der Waals surface area contributed by atoms with Crippen molar-refractivity contribution in [3.05, 3.63) is 23.8 Å². The smallest absolute Gasteiger partial charge is 0.340 e. The minimum absolute atomic E-state index is 0.274. The number of carbonyl (C=O) groups excluding carboxylic acids is 1. The lowest BCUT2D eigenvalue weighted by molar-refractivity contribution is -0.00560. The number of benzene rings is 1. The number of hydrogen-bond acceptors (Lipinski definition) is 5. The summed E-state index contributed by atoms with van der Waals surface area (Å²) >= 11 is 0. The van der Waals surface area contributed by atoms with Crippen LogP contribution in [0, 0.1) is 0 Å². The van der Waals surface area contributed by atoms with E-state index in [1.165, 1.54) is 7.11 Å². The van der Waals surface area contributed by atoms with Crippen molar-refractivity contribution in [1.29, 1.82) is 0 Å². The molecular formula is C14H21NO4. The molecule has 0 aliphatic heterocycles. The first-order valence-electron chi connectivity index (χ1n) is 6.06. The van der Waals surface area contributed by atoms with Crippen LogP contribution in [0.3, 0.4) is 0 Å². The van der Waals surface area contributed by atoms with E-state index in [0.717, 1.165) is 0 Å². The molecule has 1 rings (SSSR count). The zero-order valence-corrected chi connectivity index (χ0v) is 11.9. The Balaban J connectivity index is 2.64. The molecule has 5 nitrogen and oxygen atoms in total. The number of carbonyl (C=O) groups is 1. The summed E-state index contributed by atoms with van der Waals surface area (Å²) in [6.07, 6.45) is 0.610. The summed E-state index contributed by atoms with van der Waals surface area (Å²) in [6, 6.07) is 5.01. The molecule has 106 valence electrons. The summed E-state index contributed by atoms with van der Waals surface area (Å²) in [5.41, 5.74) is 6.12. The Morgan fingerprint density at radius 1 is 1.32 bits per heavy atom. The highest BCUT2D eigenvalue weighted by Crippen LogP contribution is 2.25. The van der Waals surface area contributed by atoms with Crippen molar-refractivity contribution in [2.24, 2.45) is 0 Å². The quantitative estimate of drug-likeness (QED) is 0.632. The first-order chi connectivity index (χ1) is 8.91. The van der Waals surface area contributed by atoms with Crippen LogP contribution >= 0.6 is 0 Å². The Morgan fingerprint density at radius 2 is 2.00 bits per heavy atom. The van der Waals surface area contributed by atoms with E-state index in [4.69, 9.17) is 19.9 Å². The van der Waals surface area contributed by atoms with Crippen molar-refractivity contribution in [1.82, 2.24) is 0 Å². The van der Waals surface area contributed by atoms with Gasteiger partial charge >= 0.3 is 5.97 Å². The van der Waals surface area contributed by atoms with Gasteiger partial charge < -0.3 is 19.9 Å². The van der Waals surface area contributed by atoms with Crippen LogP contribution in [0.5, 0.6) is 5.75 Å². The van der Waals surface area contributed by atoms with E-state index in [-0.39, 0.29) is 12.2 Å². The first-order valence-corrected chi connectivity index (χ1v) is 6.06. The van der Waals surface area contributed by atoms with Gasteiger partial charge in [0.2, 0.25) is 0 Å². The normalized spacial score (nSPS) is 11.2. The van der Waals surface area contributed by atoms with Crippen LogP contribution in [0.25, 0.3) is 0 Å². The zero-order valence-electron chi connectivity index (χ0n) is 11.9. The van der Waals surface area contributed by atoms with Crippen molar-refractivity contribution < 1.29 is 19.0 Å². The lowest BCUT2D eigenvalue weighted by Crippen LogP contribution is -2.25. The number of nitrogens with two attached hydrogens (primary N) is 1. The number of anilines is 1. The molecule has 0 amide bonds. The molecule has 0 saturated heterocycles. The Morgan fingerprint density at radius 3 is 2.58 bits per heavy atom. The van der Waals surface area contributed by atoms with Gasteiger partial charge in [0.05, 0.1) is 30.6 Å². The minimum Gasteiger partial charge on any atom is -0.495 e.